The number of rotatable bonds is 8. The van der Waals surface area contributed by atoms with Crippen molar-refractivity contribution in [1.29, 1.82) is 0 Å². The van der Waals surface area contributed by atoms with Crippen molar-refractivity contribution in [3.05, 3.63) is 0 Å². The zero-order valence-corrected chi connectivity index (χ0v) is 11.0. The molecule has 0 aromatic carbocycles. The lowest BCUT2D eigenvalue weighted by Crippen LogP contribution is -2.47. The summed E-state index contributed by atoms with van der Waals surface area (Å²) in [6.45, 7) is 4.08. The molecule has 2 N–H and O–H groups in total. The molecule has 17 heavy (non-hydrogen) atoms. The zero-order valence-electron chi connectivity index (χ0n) is 10.1. The molecule has 1 aliphatic rings. The van der Waals surface area contributed by atoms with Crippen LogP contribution in [0.15, 0.2) is 0 Å². The first-order valence-electron chi connectivity index (χ1n) is 5.69. The quantitative estimate of drug-likeness (QED) is 0.517. The molecular formula is C9H21N3O4S. The average molecular weight is 267 g/mol. The van der Waals surface area contributed by atoms with E-state index in [1.165, 1.54) is 4.31 Å². The molecule has 1 heterocycles. The van der Waals surface area contributed by atoms with Crippen molar-refractivity contribution >= 4 is 10.2 Å². The minimum absolute atomic E-state index is 0.378. The van der Waals surface area contributed by atoms with E-state index in [1.807, 2.05) is 0 Å². The highest BCUT2D eigenvalue weighted by atomic mass is 32.2. The van der Waals surface area contributed by atoms with Crippen molar-refractivity contribution in [2.75, 3.05) is 59.7 Å². The maximum absolute atomic E-state index is 11.8. The lowest BCUT2D eigenvalue weighted by atomic mass is 10.5. The highest BCUT2D eigenvalue weighted by Crippen LogP contribution is 2.01. The molecule has 1 saturated heterocycles. The normalized spacial score (nSPS) is 18.4. The molecule has 0 spiro atoms. The van der Waals surface area contributed by atoms with Crippen molar-refractivity contribution in [2.45, 2.75) is 0 Å². The largest absolute Gasteiger partial charge is 0.383 e. The van der Waals surface area contributed by atoms with Crippen LogP contribution >= 0.6 is 0 Å². The first-order chi connectivity index (χ1) is 8.17. The minimum Gasteiger partial charge on any atom is -0.383 e. The predicted molar refractivity (Wildman–Crippen MR) is 64.1 cm³/mol. The lowest BCUT2D eigenvalue weighted by Gasteiger charge is -2.26. The van der Waals surface area contributed by atoms with Gasteiger partial charge in [0.2, 0.25) is 0 Å². The monoisotopic (exact) mass is 267 g/mol. The molecule has 0 aromatic rings. The van der Waals surface area contributed by atoms with E-state index in [0.717, 1.165) is 6.54 Å². The summed E-state index contributed by atoms with van der Waals surface area (Å²) in [7, 11) is -1.72. The van der Waals surface area contributed by atoms with Crippen molar-refractivity contribution in [3.8, 4) is 0 Å². The van der Waals surface area contributed by atoms with Crippen LogP contribution in [0.25, 0.3) is 0 Å². The molecule has 0 radical (unpaired) electrons. The third kappa shape index (κ3) is 5.75. The van der Waals surface area contributed by atoms with E-state index in [2.05, 4.69) is 10.0 Å². The van der Waals surface area contributed by atoms with Crippen molar-refractivity contribution in [2.24, 2.45) is 0 Å². The van der Waals surface area contributed by atoms with Crippen LogP contribution in [0.4, 0.5) is 0 Å². The van der Waals surface area contributed by atoms with Crippen LogP contribution < -0.4 is 10.0 Å². The van der Waals surface area contributed by atoms with Crippen LogP contribution in [0.3, 0.4) is 0 Å². The summed E-state index contributed by atoms with van der Waals surface area (Å²) < 4.78 is 37.5. The van der Waals surface area contributed by atoms with Crippen molar-refractivity contribution < 1.29 is 17.9 Å². The molecule has 102 valence electrons. The molecule has 0 bridgehead atoms. The summed E-state index contributed by atoms with van der Waals surface area (Å²) in [6, 6.07) is 0. The topological polar surface area (TPSA) is 79.9 Å². The molecule has 1 aliphatic heterocycles. The molecule has 0 aromatic heterocycles. The fourth-order valence-electron chi connectivity index (χ4n) is 1.45. The molecule has 8 heteroatoms. The summed E-state index contributed by atoms with van der Waals surface area (Å²) in [5.74, 6) is 0. The summed E-state index contributed by atoms with van der Waals surface area (Å²) >= 11 is 0. The maximum Gasteiger partial charge on any atom is 0.279 e. The molecule has 7 nitrogen and oxygen atoms in total. The van der Waals surface area contributed by atoms with Gasteiger partial charge in [-0.15, -0.1) is 0 Å². The van der Waals surface area contributed by atoms with Crippen LogP contribution in [0.1, 0.15) is 0 Å². The number of hydrogen-bond acceptors (Lipinski definition) is 5. The van der Waals surface area contributed by atoms with E-state index < -0.39 is 10.2 Å². The molecule has 0 unspecified atom stereocenters. The number of nitrogens with zero attached hydrogens (tertiary/aromatic N) is 1. The third-order valence-electron chi connectivity index (χ3n) is 2.38. The maximum atomic E-state index is 11.8. The van der Waals surface area contributed by atoms with Gasteiger partial charge in [0, 0.05) is 39.8 Å². The molecule has 0 amide bonds. The number of methoxy groups -OCH3 is 1. The van der Waals surface area contributed by atoms with Crippen molar-refractivity contribution in [1.82, 2.24) is 14.3 Å². The predicted octanol–water partition coefficient (Wildman–Crippen LogP) is -1.61. The van der Waals surface area contributed by atoms with Gasteiger partial charge in [-0.2, -0.15) is 12.7 Å². The van der Waals surface area contributed by atoms with E-state index in [0.29, 0.717) is 46.0 Å². The number of hydrogen-bond donors (Lipinski definition) is 2. The fourth-order valence-corrected chi connectivity index (χ4v) is 2.62. The van der Waals surface area contributed by atoms with Gasteiger partial charge in [-0.25, -0.2) is 4.72 Å². The van der Waals surface area contributed by atoms with E-state index in [1.54, 1.807) is 7.11 Å². The zero-order chi connectivity index (χ0) is 12.6. The molecule has 1 rings (SSSR count). The molecule has 0 aliphatic carbocycles. The third-order valence-corrected chi connectivity index (χ3v) is 3.99. The van der Waals surface area contributed by atoms with Crippen LogP contribution in [-0.2, 0) is 19.7 Å². The highest BCUT2D eigenvalue weighted by Gasteiger charge is 2.23. The Morgan fingerprint density at radius 2 is 1.94 bits per heavy atom. The smallest absolute Gasteiger partial charge is 0.279 e. The van der Waals surface area contributed by atoms with Gasteiger partial charge in [0.1, 0.15) is 0 Å². The van der Waals surface area contributed by atoms with Gasteiger partial charge in [-0.3, -0.25) is 0 Å². The Hall–Kier alpha value is -0.250. The van der Waals surface area contributed by atoms with E-state index in [-0.39, 0.29) is 0 Å². The van der Waals surface area contributed by atoms with Crippen LogP contribution in [0.2, 0.25) is 0 Å². The van der Waals surface area contributed by atoms with Crippen LogP contribution in [0.5, 0.6) is 0 Å². The van der Waals surface area contributed by atoms with Gasteiger partial charge >= 0.3 is 0 Å². The van der Waals surface area contributed by atoms with Crippen LogP contribution in [0, 0.1) is 0 Å². The minimum atomic E-state index is -3.34. The fraction of sp³-hybridized carbons (Fsp3) is 1.00. The van der Waals surface area contributed by atoms with E-state index in [4.69, 9.17) is 9.47 Å². The summed E-state index contributed by atoms with van der Waals surface area (Å²) in [6.07, 6.45) is 0. The highest BCUT2D eigenvalue weighted by molar-refractivity contribution is 7.87. The second-order valence-electron chi connectivity index (χ2n) is 3.65. The Morgan fingerprint density at radius 1 is 1.24 bits per heavy atom. The molecule has 1 fully saturated rings. The Bertz CT molecular complexity index is 291. The number of ether oxygens (including phenoxy) is 2. The van der Waals surface area contributed by atoms with Gasteiger partial charge in [0.25, 0.3) is 10.2 Å². The van der Waals surface area contributed by atoms with Gasteiger partial charge < -0.3 is 14.8 Å². The van der Waals surface area contributed by atoms with Crippen LogP contribution in [-0.4, -0.2) is 72.4 Å². The summed E-state index contributed by atoms with van der Waals surface area (Å²) in [5.41, 5.74) is 0. The Kier molecular flexibility index (Phi) is 6.93. The second-order valence-corrected chi connectivity index (χ2v) is 5.41. The van der Waals surface area contributed by atoms with Crippen molar-refractivity contribution in [3.63, 3.8) is 0 Å². The standard InChI is InChI=1S/C9H21N3O4S/c1-15-7-4-10-2-3-11-17(13,14)12-5-8-16-9-6-12/h10-11H,2-9H2,1H3. The second kappa shape index (κ2) is 7.96. The molecule has 0 atom stereocenters. The van der Waals surface area contributed by atoms with Gasteiger partial charge in [-0.1, -0.05) is 0 Å². The number of morpholine rings is 1. The Labute approximate surface area is 103 Å². The summed E-state index contributed by atoms with van der Waals surface area (Å²) in [4.78, 5) is 0. The van der Waals surface area contributed by atoms with Gasteiger partial charge in [0.15, 0.2) is 0 Å². The summed E-state index contributed by atoms with van der Waals surface area (Å²) in [5, 5.41) is 3.07. The Balaban J connectivity index is 2.15. The average Bonchev–Trinajstić information content (AvgIpc) is 2.35. The van der Waals surface area contributed by atoms with E-state index >= 15 is 0 Å². The molecule has 0 saturated carbocycles. The van der Waals surface area contributed by atoms with Gasteiger partial charge in [-0.05, 0) is 0 Å². The first-order valence-corrected chi connectivity index (χ1v) is 7.13. The number of nitrogens with one attached hydrogen (secondary N) is 2. The van der Waals surface area contributed by atoms with Gasteiger partial charge in [0.05, 0.1) is 19.8 Å². The Morgan fingerprint density at radius 3 is 2.59 bits per heavy atom. The molecular weight excluding hydrogens is 246 g/mol. The SMILES string of the molecule is COCCNCCNS(=O)(=O)N1CCOCC1. The first kappa shape index (κ1) is 14.8. The lowest BCUT2D eigenvalue weighted by molar-refractivity contribution is 0.0725. The van der Waals surface area contributed by atoms with E-state index in [9.17, 15) is 8.42 Å².